The summed E-state index contributed by atoms with van der Waals surface area (Å²) in [6, 6.07) is 9.12. The highest BCUT2D eigenvalue weighted by Crippen LogP contribution is 2.12. The summed E-state index contributed by atoms with van der Waals surface area (Å²) in [6.07, 6.45) is 3.19. The molecule has 0 aliphatic rings. The summed E-state index contributed by atoms with van der Waals surface area (Å²) in [5, 5.41) is 3.88. The number of amides is 1. The smallest absolute Gasteiger partial charge is 0.266 e. The van der Waals surface area contributed by atoms with Gasteiger partial charge in [0.2, 0.25) is 0 Å². The SMILES string of the molecule is Cc1ccc(/C=N/NC(=O)c2ccccn2)s1. The van der Waals surface area contributed by atoms with Gasteiger partial charge in [-0.1, -0.05) is 6.07 Å². The summed E-state index contributed by atoms with van der Waals surface area (Å²) in [7, 11) is 0. The van der Waals surface area contributed by atoms with Crippen molar-refractivity contribution in [3.05, 3.63) is 52.0 Å². The lowest BCUT2D eigenvalue weighted by Crippen LogP contribution is -2.18. The van der Waals surface area contributed by atoms with Crippen molar-refractivity contribution in [2.45, 2.75) is 6.92 Å². The molecule has 5 heteroatoms. The Morgan fingerprint density at radius 1 is 1.41 bits per heavy atom. The van der Waals surface area contributed by atoms with Crippen molar-refractivity contribution in [2.24, 2.45) is 5.10 Å². The third-order valence-corrected chi connectivity index (χ3v) is 2.95. The van der Waals surface area contributed by atoms with Crippen LogP contribution in [0, 0.1) is 6.92 Å². The molecule has 2 rings (SSSR count). The third-order valence-electron chi connectivity index (χ3n) is 2.02. The van der Waals surface area contributed by atoms with Crippen LogP contribution < -0.4 is 5.43 Å². The van der Waals surface area contributed by atoms with Crippen molar-refractivity contribution < 1.29 is 4.79 Å². The van der Waals surface area contributed by atoms with Crippen LogP contribution in [-0.4, -0.2) is 17.1 Å². The molecule has 0 atom stereocenters. The number of carbonyl (C=O) groups is 1. The molecule has 0 saturated heterocycles. The van der Waals surface area contributed by atoms with Gasteiger partial charge in [-0.2, -0.15) is 5.10 Å². The number of pyridine rings is 1. The van der Waals surface area contributed by atoms with Gasteiger partial charge in [-0.25, -0.2) is 5.43 Å². The van der Waals surface area contributed by atoms with Gasteiger partial charge in [0, 0.05) is 16.0 Å². The molecule has 0 aliphatic carbocycles. The Bertz CT molecular complexity index is 534. The number of hydrazone groups is 1. The molecule has 2 aromatic rings. The number of nitrogens with zero attached hydrogens (tertiary/aromatic N) is 2. The maximum Gasteiger partial charge on any atom is 0.289 e. The predicted molar refractivity (Wildman–Crippen MR) is 68.4 cm³/mol. The normalized spacial score (nSPS) is 10.6. The molecule has 17 heavy (non-hydrogen) atoms. The molecule has 86 valence electrons. The van der Waals surface area contributed by atoms with E-state index in [1.807, 2.05) is 19.1 Å². The summed E-state index contributed by atoms with van der Waals surface area (Å²) in [5.41, 5.74) is 2.79. The highest BCUT2D eigenvalue weighted by molar-refractivity contribution is 7.13. The first-order valence-electron chi connectivity index (χ1n) is 5.06. The Morgan fingerprint density at radius 3 is 2.94 bits per heavy atom. The van der Waals surface area contributed by atoms with Gasteiger partial charge in [-0.15, -0.1) is 11.3 Å². The molecule has 0 unspecified atom stereocenters. The average molecular weight is 245 g/mol. The van der Waals surface area contributed by atoms with Gasteiger partial charge in [0.05, 0.1) is 6.21 Å². The molecule has 2 aromatic heterocycles. The van der Waals surface area contributed by atoms with Crippen molar-refractivity contribution >= 4 is 23.5 Å². The monoisotopic (exact) mass is 245 g/mol. The Balaban J connectivity index is 1.95. The van der Waals surface area contributed by atoms with E-state index in [2.05, 4.69) is 15.5 Å². The quantitative estimate of drug-likeness (QED) is 0.666. The predicted octanol–water partition coefficient (Wildman–Crippen LogP) is 2.22. The first kappa shape index (κ1) is 11.5. The number of nitrogens with one attached hydrogen (secondary N) is 1. The molecule has 0 fully saturated rings. The summed E-state index contributed by atoms with van der Waals surface area (Å²) in [6.45, 7) is 2.02. The van der Waals surface area contributed by atoms with Gasteiger partial charge in [0.15, 0.2) is 0 Å². The third kappa shape index (κ3) is 3.22. The molecule has 2 heterocycles. The number of hydrogen-bond acceptors (Lipinski definition) is 4. The maximum atomic E-state index is 11.6. The van der Waals surface area contributed by atoms with Crippen LogP contribution in [-0.2, 0) is 0 Å². The zero-order valence-corrected chi connectivity index (χ0v) is 10.1. The second-order valence-corrected chi connectivity index (χ2v) is 4.68. The first-order chi connectivity index (χ1) is 8.25. The Hall–Kier alpha value is -2.01. The summed E-state index contributed by atoms with van der Waals surface area (Å²) < 4.78 is 0. The van der Waals surface area contributed by atoms with E-state index in [4.69, 9.17) is 0 Å². The van der Waals surface area contributed by atoms with E-state index in [9.17, 15) is 4.79 Å². The first-order valence-corrected chi connectivity index (χ1v) is 5.88. The maximum absolute atomic E-state index is 11.6. The molecule has 0 aliphatic heterocycles. The molecule has 0 aromatic carbocycles. The number of rotatable bonds is 3. The van der Waals surface area contributed by atoms with Crippen LogP contribution in [0.5, 0.6) is 0 Å². The summed E-state index contributed by atoms with van der Waals surface area (Å²) in [4.78, 5) is 17.7. The number of aryl methyl sites for hydroxylation is 1. The minimum atomic E-state index is -0.310. The molecule has 0 bridgehead atoms. The van der Waals surface area contributed by atoms with Crippen molar-refractivity contribution in [3.63, 3.8) is 0 Å². The van der Waals surface area contributed by atoms with E-state index in [0.29, 0.717) is 5.69 Å². The van der Waals surface area contributed by atoms with Crippen LogP contribution >= 0.6 is 11.3 Å². The minimum absolute atomic E-state index is 0.310. The lowest BCUT2D eigenvalue weighted by atomic mass is 10.3. The van der Waals surface area contributed by atoms with E-state index in [-0.39, 0.29) is 5.91 Å². The second-order valence-electron chi connectivity index (χ2n) is 3.36. The van der Waals surface area contributed by atoms with Gasteiger partial charge in [0.25, 0.3) is 5.91 Å². The molecular weight excluding hydrogens is 234 g/mol. The molecule has 4 nitrogen and oxygen atoms in total. The zero-order chi connectivity index (χ0) is 12.1. The molecule has 1 amide bonds. The van der Waals surface area contributed by atoms with E-state index in [1.165, 1.54) is 4.88 Å². The highest BCUT2D eigenvalue weighted by atomic mass is 32.1. The zero-order valence-electron chi connectivity index (χ0n) is 9.25. The average Bonchev–Trinajstić information content (AvgIpc) is 2.76. The van der Waals surface area contributed by atoms with Gasteiger partial charge >= 0.3 is 0 Å². The summed E-state index contributed by atoms with van der Waals surface area (Å²) in [5.74, 6) is -0.310. The summed E-state index contributed by atoms with van der Waals surface area (Å²) >= 11 is 1.62. The molecule has 0 spiro atoms. The van der Waals surface area contributed by atoms with Gasteiger partial charge in [0.1, 0.15) is 5.69 Å². The second kappa shape index (κ2) is 5.36. The largest absolute Gasteiger partial charge is 0.289 e. The van der Waals surface area contributed by atoms with Crippen molar-refractivity contribution in [3.8, 4) is 0 Å². The lowest BCUT2D eigenvalue weighted by Gasteiger charge is -1.96. The molecule has 0 radical (unpaired) electrons. The number of aromatic nitrogens is 1. The lowest BCUT2D eigenvalue weighted by molar-refractivity contribution is 0.0950. The van der Waals surface area contributed by atoms with Crippen LogP contribution in [0.2, 0.25) is 0 Å². The number of hydrogen-bond donors (Lipinski definition) is 1. The van der Waals surface area contributed by atoms with E-state index < -0.39 is 0 Å². The van der Waals surface area contributed by atoms with Gasteiger partial charge < -0.3 is 0 Å². The fourth-order valence-electron chi connectivity index (χ4n) is 1.23. The van der Waals surface area contributed by atoms with Crippen molar-refractivity contribution in [1.29, 1.82) is 0 Å². The number of carbonyl (C=O) groups excluding carboxylic acids is 1. The Morgan fingerprint density at radius 2 is 2.29 bits per heavy atom. The van der Waals surface area contributed by atoms with Crippen LogP contribution in [0.15, 0.2) is 41.6 Å². The van der Waals surface area contributed by atoms with Crippen LogP contribution in [0.4, 0.5) is 0 Å². The standard InChI is InChI=1S/C12H11N3OS/c1-9-5-6-10(17-9)8-14-15-12(16)11-4-2-3-7-13-11/h2-8H,1H3,(H,15,16)/b14-8+. The molecule has 0 saturated carbocycles. The minimum Gasteiger partial charge on any atom is -0.266 e. The van der Waals surface area contributed by atoms with Gasteiger partial charge in [-0.05, 0) is 31.2 Å². The Labute approximate surface area is 103 Å². The topological polar surface area (TPSA) is 54.4 Å². The van der Waals surface area contributed by atoms with Crippen LogP contribution in [0.25, 0.3) is 0 Å². The molecular formula is C12H11N3OS. The van der Waals surface area contributed by atoms with E-state index in [1.54, 1.807) is 41.9 Å². The van der Waals surface area contributed by atoms with Gasteiger partial charge in [-0.3, -0.25) is 9.78 Å². The highest BCUT2D eigenvalue weighted by Gasteiger charge is 2.03. The van der Waals surface area contributed by atoms with Crippen molar-refractivity contribution in [2.75, 3.05) is 0 Å². The van der Waals surface area contributed by atoms with Crippen molar-refractivity contribution in [1.82, 2.24) is 10.4 Å². The fraction of sp³-hybridized carbons (Fsp3) is 0.0833. The van der Waals surface area contributed by atoms with E-state index >= 15 is 0 Å². The Kier molecular flexibility index (Phi) is 3.62. The van der Waals surface area contributed by atoms with Crippen LogP contribution in [0.1, 0.15) is 20.2 Å². The fourth-order valence-corrected chi connectivity index (χ4v) is 1.98. The number of thiophene rings is 1. The van der Waals surface area contributed by atoms with E-state index in [0.717, 1.165) is 4.88 Å². The molecule has 1 N–H and O–H groups in total. The van der Waals surface area contributed by atoms with Crippen LogP contribution in [0.3, 0.4) is 0 Å².